The van der Waals surface area contributed by atoms with Crippen LogP contribution in [-0.4, -0.2) is 13.0 Å². The fourth-order valence-electron chi connectivity index (χ4n) is 2.05. The number of rotatable bonds is 3. The number of benzene rings is 2. The molecule has 0 aliphatic heterocycles. The Labute approximate surface area is 127 Å². The van der Waals surface area contributed by atoms with Crippen LogP contribution in [-0.2, 0) is 0 Å². The summed E-state index contributed by atoms with van der Waals surface area (Å²) in [7, 11) is 1.85. The summed E-state index contributed by atoms with van der Waals surface area (Å²) in [4.78, 5) is 12.3. The number of carbonyl (C=O) groups is 1. The van der Waals surface area contributed by atoms with E-state index in [1.165, 1.54) is 0 Å². The monoisotopic (exact) mass is 332 g/mol. The zero-order chi connectivity index (χ0) is 14.7. The van der Waals surface area contributed by atoms with Crippen LogP contribution in [0, 0.1) is 13.8 Å². The largest absolute Gasteiger partial charge is 0.388 e. The highest BCUT2D eigenvalue weighted by molar-refractivity contribution is 9.10. The summed E-state index contributed by atoms with van der Waals surface area (Å²) in [6, 6.07) is 11.4. The molecule has 2 N–H and O–H groups in total. The molecular weight excluding hydrogens is 316 g/mol. The van der Waals surface area contributed by atoms with Gasteiger partial charge >= 0.3 is 0 Å². The number of anilines is 2. The van der Waals surface area contributed by atoms with Gasteiger partial charge in [-0.1, -0.05) is 6.07 Å². The smallest absolute Gasteiger partial charge is 0.255 e. The van der Waals surface area contributed by atoms with E-state index in [4.69, 9.17) is 0 Å². The molecule has 0 spiro atoms. The van der Waals surface area contributed by atoms with E-state index in [1.54, 1.807) is 12.1 Å². The van der Waals surface area contributed by atoms with Crippen molar-refractivity contribution < 1.29 is 4.79 Å². The maximum absolute atomic E-state index is 12.3. The van der Waals surface area contributed by atoms with Crippen LogP contribution in [0.3, 0.4) is 0 Å². The fraction of sp³-hybridized carbons (Fsp3) is 0.188. The van der Waals surface area contributed by atoms with E-state index in [-0.39, 0.29) is 5.91 Å². The second-order valence-corrected chi connectivity index (χ2v) is 5.57. The Balaban J connectivity index is 2.23. The Bertz CT molecular complexity index is 612. The van der Waals surface area contributed by atoms with E-state index in [0.717, 1.165) is 27.0 Å². The van der Waals surface area contributed by atoms with Gasteiger partial charge in [0.05, 0.1) is 5.69 Å². The molecule has 0 aromatic heterocycles. The van der Waals surface area contributed by atoms with Crippen LogP contribution in [0.2, 0.25) is 0 Å². The number of carbonyl (C=O) groups excluding carboxylic acids is 1. The molecule has 2 rings (SSSR count). The van der Waals surface area contributed by atoms with Gasteiger partial charge in [0.15, 0.2) is 0 Å². The van der Waals surface area contributed by atoms with Crippen LogP contribution in [0.4, 0.5) is 11.4 Å². The molecule has 0 fully saturated rings. The normalized spacial score (nSPS) is 10.2. The first-order chi connectivity index (χ1) is 9.51. The summed E-state index contributed by atoms with van der Waals surface area (Å²) in [6.45, 7) is 4.01. The predicted octanol–water partition coefficient (Wildman–Crippen LogP) is 4.36. The molecule has 0 unspecified atom stereocenters. The SMILES string of the molecule is CNc1ccc(C(=O)Nc2c(C)cc(C)cc2Br)cc1. The number of hydrogen-bond donors (Lipinski definition) is 2. The van der Waals surface area contributed by atoms with Crippen LogP contribution in [0.5, 0.6) is 0 Å². The van der Waals surface area contributed by atoms with Crippen molar-refractivity contribution in [1.29, 1.82) is 0 Å². The van der Waals surface area contributed by atoms with Gasteiger partial charge in [0.25, 0.3) is 5.91 Å². The van der Waals surface area contributed by atoms with Crippen molar-refractivity contribution in [3.8, 4) is 0 Å². The quantitative estimate of drug-likeness (QED) is 0.876. The first-order valence-corrected chi connectivity index (χ1v) is 7.16. The Morgan fingerprint density at radius 3 is 2.30 bits per heavy atom. The van der Waals surface area contributed by atoms with Gasteiger partial charge in [-0.25, -0.2) is 0 Å². The van der Waals surface area contributed by atoms with Gasteiger partial charge in [-0.05, 0) is 71.2 Å². The molecule has 0 aliphatic carbocycles. The number of halogens is 1. The summed E-state index contributed by atoms with van der Waals surface area (Å²) in [5, 5.41) is 5.98. The number of nitrogens with one attached hydrogen (secondary N) is 2. The molecule has 104 valence electrons. The number of aryl methyl sites for hydroxylation is 2. The Kier molecular flexibility index (Phi) is 4.45. The Hall–Kier alpha value is -1.81. The average molecular weight is 333 g/mol. The van der Waals surface area contributed by atoms with Crippen molar-refractivity contribution in [2.45, 2.75) is 13.8 Å². The minimum absolute atomic E-state index is 0.111. The summed E-state index contributed by atoms with van der Waals surface area (Å²) in [6.07, 6.45) is 0. The second kappa shape index (κ2) is 6.09. The zero-order valence-electron chi connectivity index (χ0n) is 11.8. The van der Waals surface area contributed by atoms with E-state index in [1.807, 2.05) is 45.2 Å². The topological polar surface area (TPSA) is 41.1 Å². The van der Waals surface area contributed by atoms with Crippen LogP contribution in [0.25, 0.3) is 0 Å². The highest BCUT2D eigenvalue weighted by atomic mass is 79.9. The van der Waals surface area contributed by atoms with Crippen molar-refractivity contribution in [1.82, 2.24) is 0 Å². The Morgan fingerprint density at radius 1 is 1.10 bits per heavy atom. The summed E-state index contributed by atoms with van der Waals surface area (Å²) < 4.78 is 0.898. The lowest BCUT2D eigenvalue weighted by atomic mass is 10.1. The van der Waals surface area contributed by atoms with E-state index in [2.05, 4.69) is 26.6 Å². The molecule has 0 aliphatic rings. The van der Waals surface area contributed by atoms with Gasteiger partial charge in [-0.2, -0.15) is 0 Å². The van der Waals surface area contributed by atoms with Crippen LogP contribution < -0.4 is 10.6 Å². The molecule has 0 radical (unpaired) electrons. The lowest BCUT2D eigenvalue weighted by molar-refractivity contribution is 0.102. The third-order valence-electron chi connectivity index (χ3n) is 3.11. The third kappa shape index (κ3) is 3.20. The van der Waals surface area contributed by atoms with Gasteiger partial charge in [0, 0.05) is 22.8 Å². The van der Waals surface area contributed by atoms with Crippen molar-refractivity contribution in [2.24, 2.45) is 0 Å². The molecule has 4 heteroatoms. The lowest BCUT2D eigenvalue weighted by Crippen LogP contribution is -2.13. The molecule has 1 amide bonds. The predicted molar refractivity (Wildman–Crippen MR) is 87.6 cm³/mol. The molecule has 2 aromatic carbocycles. The molecule has 20 heavy (non-hydrogen) atoms. The highest BCUT2D eigenvalue weighted by Crippen LogP contribution is 2.28. The lowest BCUT2D eigenvalue weighted by Gasteiger charge is -2.12. The van der Waals surface area contributed by atoms with E-state index in [0.29, 0.717) is 5.56 Å². The van der Waals surface area contributed by atoms with Gasteiger partial charge in [-0.3, -0.25) is 4.79 Å². The van der Waals surface area contributed by atoms with Crippen molar-refractivity contribution in [2.75, 3.05) is 17.7 Å². The molecule has 0 bridgehead atoms. The molecule has 2 aromatic rings. The average Bonchev–Trinajstić information content (AvgIpc) is 2.42. The van der Waals surface area contributed by atoms with Gasteiger partial charge in [-0.15, -0.1) is 0 Å². The van der Waals surface area contributed by atoms with Crippen molar-refractivity contribution in [3.05, 3.63) is 57.6 Å². The summed E-state index contributed by atoms with van der Waals surface area (Å²) in [5.41, 5.74) is 4.63. The molecule has 0 heterocycles. The van der Waals surface area contributed by atoms with Crippen LogP contribution >= 0.6 is 15.9 Å². The molecular formula is C16H17BrN2O. The molecule has 0 saturated heterocycles. The minimum Gasteiger partial charge on any atom is -0.388 e. The maximum atomic E-state index is 12.3. The van der Waals surface area contributed by atoms with Crippen LogP contribution in [0.1, 0.15) is 21.5 Å². The van der Waals surface area contributed by atoms with Gasteiger partial charge in [0.2, 0.25) is 0 Å². The first kappa shape index (κ1) is 14.6. The van der Waals surface area contributed by atoms with E-state index in [9.17, 15) is 4.79 Å². The van der Waals surface area contributed by atoms with Crippen LogP contribution in [0.15, 0.2) is 40.9 Å². The molecule has 3 nitrogen and oxygen atoms in total. The zero-order valence-corrected chi connectivity index (χ0v) is 13.3. The van der Waals surface area contributed by atoms with E-state index >= 15 is 0 Å². The fourth-order valence-corrected chi connectivity index (χ4v) is 2.82. The van der Waals surface area contributed by atoms with Gasteiger partial charge in [0.1, 0.15) is 0 Å². The van der Waals surface area contributed by atoms with Gasteiger partial charge < -0.3 is 10.6 Å². The standard InChI is InChI=1S/C16H17BrN2O/c1-10-8-11(2)15(14(17)9-10)19-16(20)12-4-6-13(18-3)7-5-12/h4-9,18H,1-3H3,(H,19,20). The third-order valence-corrected chi connectivity index (χ3v) is 3.73. The van der Waals surface area contributed by atoms with Crippen molar-refractivity contribution in [3.63, 3.8) is 0 Å². The number of amides is 1. The Morgan fingerprint density at radius 2 is 1.75 bits per heavy atom. The first-order valence-electron chi connectivity index (χ1n) is 6.37. The second-order valence-electron chi connectivity index (χ2n) is 4.72. The summed E-state index contributed by atoms with van der Waals surface area (Å²) in [5.74, 6) is -0.111. The molecule has 0 atom stereocenters. The highest BCUT2D eigenvalue weighted by Gasteiger charge is 2.10. The number of hydrogen-bond acceptors (Lipinski definition) is 2. The summed E-state index contributed by atoms with van der Waals surface area (Å²) >= 11 is 3.50. The van der Waals surface area contributed by atoms with Crippen molar-refractivity contribution >= 4 is 33.2 Å². The molecule has 0 saturated carbocycles. The van der Waals surface area contributed by atoms with E-state index < -0.39 is 0 Å². The minimum atomic E-state index is -0.111. The maximum Gasteiger partial charge on any atom is 0.255 e.